The van der Waals surface area contributed by atoms with E-state index in [0.29, 0.717) is 45.9 Å². The van der Waals surface area contributed by atoms with Crippen LogP contribution in [0.5, 0.6) is 0 Å². The number of ketones is 1. The summed E-state index contributed by atoms with van der Waals surface area (Å²) in [6.07, 6.45) is 1.69. The molecule has 0 radical (unpaired) electrons. The van der Waals surface area contributed by atoms with Crippen molar-refractivity contribution in [1.29, 1.82) is 5.26 Å². The molecule has 152 valence electrons. The highest BCUT2D eigenvalue weighted by atomic mass is 32.1. The van der Waals surface area contributed by atoms with Gasteiger partial charge in [0.05, 0.1) is 17.2 Å². The van der Waals surface area contributed by atoms with Gasteiger partial charge in [0.25, 0.3) is 0 Å². The van der Waals surface area contributed by atoms with Crippen LogP contribution in [-0.4, -0.2) is 18.4 Å². The largest absolute Gasteiger partial charge is 0.465 e. The van der Waals surface area contributed by atoms with E-state index in [1.54, 1.807) is 25.1 Å². The van der Waals surface area contributed by atoms with Crippen LogP contribution in [0.2, 0.25) is 0 Å². The van der Waals surface area contributed by atoms with Gasteiger partial charge in [-0.15, -0.1) is 0 Å². The molecule has 1 fully saturated rings. The quantitative estimate of drug-likeness (QED) is 0.228. The number of esters is 1. The average Bonchev–Trinajstić information content (AvgIpc) is 2.71. The predicted molar refractivity (Wildman–Crippen MR) is 115 cm³/mol. The SMILES string of the molecule is CCOC(=O)C(C(=O)C1CC(CC#N)C1)c1cccc2oc3ccccc3c(=S)c12. The molecule has 1 heterocycles. The Balaban J connectivity index is 1.84. The minimum Gasteiger partial charge on any atom is -0.465 e. The van der Waals surface area contributed by atoms with Gasteiger partial charge in [0.2, 0.25) is 0 Å². The van der Waals surface area contributed by atoms with Gasteiger partial charge in [-0.2, -0.15) is 5.26 Å². The first-order chi connectivity index (χ1) is 14.5. The van der Waals surface area contributed by atoms with Gasteiger partial charge >= 0.3 is 5.97 Å². The summed E-state index contributed by atoms with van der Waals surface area (Å²) in [6.45, 7) is 1.90. The third-order valence-corrected chi connectivity index (χ3v) is 6.20. The van der Waals surface area contributed by atoms with E-state index in [0.717, 1.165) is 5.39 Å². The van der Waals surface area contributed by atoms with E-state index in [-0.39, 0.29) is 24.2 Å². The van der Waals surface area contributed by atoms with Crippen molar-refractivity contribution in [3.63, 3.8) is 0 Å². The number of ether oxygens (including phenoxy) is 1. The first-order valence-corrected chi connectivity index (χ1v) is 10.5. The molecule has 4 rings (SSSR count). The van der Waals surface area contributed by atoms with E-state index in [2.05, 4.69) is 6.07 Å². The van der Waals surface area contributed by atoms with Crippen LogP contribution in [0.15, 0.2) is 46.9 Å². The normalized spacial score (nSPS) is 19.1. The molecule has 1 saturated carbocycles. The molecule has 0 amide bonds. The summed E-state index contributed by atoms with van der Waals surface area (Å²) in [5.41, 5.74) is 1.72. The Hall–Kier alpha value is -3.04. The fourth-order valence-electron chi connectivity index (χ4n) is 4.23. The number of hydrogen-bond donors (Lipinski definition) is 0. The van der Waals surface area contributed by atoms with Crippen LogP contribution in [0.1, 0.15) is 37.7 Å². The van der Waals surface area contributed by atoms with Crippen molar-refractivity contribution in [2.24, 2.45) is 11.8 Å². The number of para-hydroxylation sites is 1. The molecule has 30 heavy (non-hydrogen) atoms. The van der Waals surface area contributed by atoms with Gasteiger partial charge < -0.3 is 9.15 Å². The zero-order valence-electron chi connectivity index (χ0n) is 16.6. The molecule has 1 aliphatic rings. The topological polar surface area (TPSA) is 80.3 Å². The third-order valence-electron chi connectivity index (χ3n) is 5.77. The van der Waals surface area contributed by atoms with Crippen LogP contribution in [0, 0.1) is 27.7 Å². The zero-order valence-corrected chi connectivity index (χ0v) is 17.4. The molecular formula is C24H21NO4S. The highest BCUT2D eigenvalue weighted by Crippen LogP contribution is 2.41. The number of nitrogens with zero attached hydrogens (tertiary/aromatic N) is 1. The fraction of sp³-hybridized carbons (Fsp3) is 0.333. The number of carbonyl (C=O) groups is 2. The number of carbonyl (C=O) groups excluding carboxylic acids is 2. The molecule has 3 aromatic rings. The molecule has 5 nitrogen and oxygen atoms in total. The van der Waals surface area contributed by atoms with E-state index in [1.165, 1.54) is 0 Å². The van der Waals surface area contributed by atoms with Crippen molar-refractivity contribution in [3.8, 4) is 6.07 Å². The minimum absolute atomic E-state index is 0.169. The Morgan fingerprint density at radius 1 is 1.20 bits per heavy atom. The van der Waals surface area contributed by atoms with E-state index in [9.17, 15) is 9.59 Å². The Bertz CT molecular complexity index is 1230. The summed E-state index contributed by atoms with van der Waals surface area (Å²) in [6, 6.07) is 14.9. The van der Waals surface area contributed by atoms with Gasteiger partial charge in [-0.3, -0.25) is 9.59 Å². The Morgan fingerprint density at radius 3 is 2.67 bits per heavy atom. The first kappa shape index (κ1) is 20.2. The van der Waals surface area contributed by atoms with Gasteiger partial charge in [-0.25, -0.2) is 0 Å². The van der Waals surface area contributed by atoms with Crippen molar-refractivity contribution in [1.82, 2.24) is 0 Å². The lowest BCUT2D eigenvalue weighted by molar-refractivity contribution is -0.149. The van der Waals surface area contributed by atoms with Crippen molar-refractivity contribution in [2.75, 3.05) is 6.61 Å². The van der Waals surface area contributed by atoms with Crippen LogP contribution in [0.4, 0.5) is 0 Å². The Morgan fingerprint density at radius 2 is 1.93 bits per heavy atom. The van der Waals surface area contributed by atoms with Crippen molar-refractivity contribution < 1.29 is 18.7 Å². The molecule has 0 N–H and O–H groups in total. The van der Waals surface area contributed by atoms with Gasteiger partial charge in [0.15, 0.2) is 5.78 Å². The highest BCUT2D eigenvalue weighted by Gasteiger charge is 2.42. The maximum Gasteiger partial charge on any atom is 0.321 e. The summed E-state index contributed by atoms with van der Waals surface area (Å²) < 4.78 is 11.8. The summed E-state index contributed by atoms with van der Waals surface area (Å²) >= 11 is 5.74. The first-order valence-electron chi connectivity index (χ1n) is 10.1. The third kappa shape index (κ3) is 3.50. The average molecular weight is 420 g/mol. The fourth-order valence-corrected chi connectivity index (χ4v) is 4.62. The lowest BCUT2D eigenvalue weighted by Gasteiger charge is -2.34. The lowest BCUT2D eigenvalue weighted by Crippen LogP contribution is -2.37. The van der Waals surface area contributed by atoms with Crippen LogP contribution in [0.3, 0.4) is 0 Å². The molecule has 1 unspecified atom stereocenters. The molecule has 0 spiro atoms. The summed E-state index contributed by atoms with van der Waals surface area (Å²) in [5.74, 6) is -1.83. The van der Waals surface area contributed by atoms with Gasteiger partial charge in [0, 0.05) is 23.1 Å². The summed E-state index contributed by atoms with van der Waals surface area (Å²) in [7, 11) is 0. The predicted octanol–water partition coefficient (Wildman–Crippen LogP) is 5.47. The zero-order chi connectivity index (χ0) is 21.3. The maximum absolute atomic E-state index is 13.4. The van der Waals surface area contributed by atoms with E-state index in [4.69, 9.17) is 26.6 Å². The van der Waals surface area contributed by atoms with Gasteiger partial charge in [-0.1, -0.05) is 36.5 Å². The summed E-state index contributed by atoms with van der Waals surface area (Å²) in [5, 5.41) is 10.2. The van der Waals surface area contributed by atoms with Crippen molar-refractivity contribution >= 4 is 45.9 Å². The van der Waals surface area contributed by atoms with Crippen molar-refractivity contribution in [2.45, 2.75) is 32.1 Å². The number of hydrogen-bond acceptors (Lipinski definition) is 6. The molecule has 2 aromatic carbocycles. The molecule has 0 aliphatic heterocycles. The minimum atomic E-state index is -1.06. The molecule has 1 atom stereocenters. The molecular weight excluding hydrogens is 398 g/mol. The second-order valence-corrected chi connectivity index (χ2v) is 8.04. The van der Waals surface area contributed by atoms with Crippen LogP contribution < -0.4 is 0 Å². The van der Waals surface area contributed by atoms with Gasteiger partial charge in [-0.05, 0) is 49.4 Å². The number of rotatable bonds is 6. The Labute approximate surface area is 179 Å². The lowest BCUT2D eigenvalue weighted by atomic mass is 9.68. The Kier molecular flexibility index (Phi) is 5.65. The summed E-state index contributed by atoms with van der Waals surface area (Å²) in [4.78, 5) is 26.3. The van der Waals surface area contributed by atoms with Crippen LogP contribution in [-0.2, 0) is 14.3 Å². The van der Waals surface area contributed by atoms with Gasteiger partial charge in [0.1, 0.15) is 17.1 Å². The standard InChI is InChI=1S/C24H21NO4S/c1-2-28-24(27)21(22(26)15-12-14(13-15)10-11-25)17-7-5-9-19-20(17)23(30)16-6-3-4-8-18(16)29-19/h3-9,14-15,21H,2,10,12-13H2,1H3. The maximum atomic E-state index is 13.4. The van der Waals surface area contributed by atoms with Crippen LogP contribution >= 0.6 is 12.2 Å². The number of fused-ring (bicyclic) bond motifs is 2. The number of nitriles is 1. The second-order valence-electron chi connectivity index (χ2n) is 7.63. The molecule has 0 saturated heterocycles. The number of benzene rings is 2. The monoisotopic (exact) mass is 419 g/mol. The van der Waals surface area contributed by atoms with E-state index >= 15 is 0 Å². The molecule has 1 aliphatic carbocycles. The second kappa shape index (κ2) is 8.37. The molecule has 6 heteroatoms. The number of Topliss-reactive ketones (excluding diaryl/α,β-unsaturated/α-hetero) is 1. The molecule has 0 bridgehead atoms. The van der Waals surface area contributed by atoms with Crippen molar-refractivity contribution in [3.05, 3.63) is 52.5 Å². The van der Waals surface area contributed by atoms with E-state index < -0.39 is 11.9 Å². The van der Waals surface area contributed by atoms with Crippen LogP contribution in [0.25, 0.3) is 21.9 Å². The smallest absolute Gasteiger partial charge is 0.321 e. The highest BCUT2D eigenvalue weighted by molar-refractivity contribution is 7.72. The van der Waals surface area contributed by atoms with E-state index in [1.807, 2.05) is 24.3 Å². The molecule has 1 aromatic heterocycles.